The number of nitrogens with one attached hydrogen (secondary N) is 2. The first kappa shape index (κ1) is 15.1. The van der Waals surface area contributed by atoms with Crippen molar-refractivity contribution < 1.29 is 14.3 Å². The van der Waals surface area contributed by atoms with Gasteiger partial charge in [-0.3, -0.25) is 4.79 Å². The standard InChI is InChI=1S/C18H15BrN2O3/c19-12-2-3-15-13(8-12)14(10-20-15)18(22)21-9-11-1-4-16-17(7-11)24-6-5-23-16/h1-4,7-8,10,20H,5-6,9H2,(H,21,22). The fourth-order valence-electron chi connectivity index (χ4n) is 2.76. The molecule has 2 heterocycles. The van der Waals surface area contributed by atoms with E-state index in [1.165, 1.54) is 0 Å². The van der Waals surface area contributed by atoms with E-state index in [4.69, 9.17) is 9.47 Å². The topological polar surface area (TPSA) is 63.4 Å². The molecule has 1 aliphatic heterocycles. The molecule has 0 unspecified atom stereocenters. The van der Waals surface area contributed by atoms with Crippen LogP contribution in [0.2, 0.25) is 0 Å². The van der Waals surface area contributed by atoms with Crippen LogP contribution in [0.25, 0.3) is 10.9 Å². The van der Waals surface area contributed by atoms with E-state index in [1.54, 1.807) is 6.20 Å². The highest BCUT2D eigenvalue weighted by Gasteiger charge is 2.14. The summed E-state index contributed by atoms with van der Waals surface area (Å²) in [7, 11) is 0. The van der Waals surface area contributed by atoms with Gasteiger partial charge in [-0.05, 0) is 35.9 Å². The zero-order chi connectivity index (χ0) is 16.5. The molecule has 0 saturated carbocycles. The Morgan fingerprint density at radius 1 is 1.12 bits per heavy atom. The summed E-state index contributed by atoms with van der Waals surface area (Å²) in [6.07, 6.45) is 1.73. The summed E-state index contributed by atoms with van der Waals surface area (Å²) in [6, 6.07) is 11.5. The second kappa shape index (κ2) is 6.20. The number of halogens is 1. The average Bonchev–Trinajstić information content (AvgIpc) is 3.02. The van der Waals surface area contributed by atoms with Gasteiger partial charge < -0.3 is 19.8 Å². The molecule has 0 aliphatic carbocycles. The van der Waals surface area contributed by atoms with Crippen LogP contribution in [0, 0.1) is 0 Å². The lowest BCUT2D eigenvalue weighted by Gasteiger charge is -2.18. The fraction of sp³-hybridized carbons (Fsp3) is 0.167. The van der Waals surface area contributed by atoms with Crippen molar-refractivity contribution in [3.05, 3.63) is 58.2 Å². The summed E-state index contributed by atoms with van der Waals surface area (Å²) in [5, 5.41) is 3.84. The van der Waals surface area contributed by atoms with Crippen LogP contribution in [-0.2, 0) is 6.54 Å². The van der Waals surface area contributed by atoms with E-state index in [-0.39, 0.29) is 5.91 Å². The highest BCUT2D eigenvalue weighted by atomic mass is 79.9. The number of amides is 1. The van der Waals surface area contributed by atoms with Gasteiger partial charge in [-0.2, -0.15) is 0 Å². The summed E-state index contributed by atoms with van der Waals surface area (Å²) in [5.41, 5.74) is 2.53. The molecule has 0 radical (unpaired) electrons. The van der Waals surface area contributed by atoms with Crippen LogP contribution in [0.15, 0.2) is 47.1 Å². The van der Waals surface area contributed by atoms with Gasteiger partial charge in [0.1, 0.15) is 13.2 Å². The Morgan fingerprint density at radius 2 is 1.96 bits per heavy atom. The maximum Gasteiger partial charge on any atom is 0.253 e. The first-order valence-electron chi connectivity index (χ1n) is 7.64. The number of carbonyl (C=O) groups is 1. The van der Waals surface area contributed by atoms with Crippen molar-refractivity contribution in [3.63, 3.8) is 0 Å². The second-order valence-electron chi connectivity index (χ2n) is 5.55. The Labute approximate surface area is 147 Å². The van der Waals surface area contributed by atoms with Gasteiger partial charge in [0.2, 0.25) is 0 Å². The van der Waals surface area contributed by atoms with Gasteiger partial charge in [0, 0.05) is 28.1 Å². The molecule has 1 amide bonds. The number of rotatable bonds is 3. The third-order valence-corrected chi connectivity index (χ3v) is 4.44. The van der Waals surface area contributed by atoms with Crippen LogP contribution in [0.5, 0.6) is 11.5 Å². The Morgan fingerprint density at radius 3 is 2.83 bits per heavy atom. The number of aromatic nitrogens is 1. The molecule has 1 aromatic heterocycles. The van der Waals surface area contributed by atoms with Crippen LogP contribution in [0.4, 0.5) is 0 Å². The summed E-state index contributed by atoms with van der Waals surface area (Å²) in [4.78, 5) is 15.6. The first-order valence-corrected chi connectivity index (χ1v) is 8.43. The van der Waals surface area contributed by atoms with Crippen molar-refractivity contribution in [1.29, 1.82) is 0 Å². The SMILES string of the molecule is O=C(NCc1ccc2c(c1)OCCO2)c1c[nH]c2ccc(Br)cc12. The Hall–Kier alpha value is -2.47. The van der Waals surface area contributed by atoms with E-state index in [1.807, 2.05) is 36.4 Å². The van der Waals surface area contributed by atoms with E-state index in [0.29, 0.717) is 25.3 Å². The summed E-state index contributed by atoms with van der Waals surface area (Å²) >= 11 is 3.44. The third kappa shape index (κ3) is 2.85. The Kier molecular flexibility index (Phi) is 3.90. The molecule has 24 heavy (non-hydrogen) atoms. The van der Waals surface area contributed by atoms with Crippen molar-refractivity contribution in [2.75, 3.05) is 13.2 Å². The third-order valence-electron chi connectivity index (χ3n) is 3.95. The first-order chi connectivity index (χ1) is 11.7. The molecule has 3 aromatic rings. The molecular formula is C18H15BrN2O3. The van der Waals surface area contributed by atoms with Gasteiger partial charge in [0.05, 0.1) is 5.56 Å². The Balaban J connectivity index is 1.51. The highest BCUT2D eigenvalue weighted by Crippen LogP contribution is 2.30. The number of aromatic amines is 1. The van der Waals surface area contributed by atoms with Crippen LogP contribution in [0.1, 0.15) is 15.9 Å². The van der Waals surface area contributed by atoms with E-state index < -0.39 is 0 Å². The molecule has 0 saturated heterocycles. The predicted octanol–water partition coefficient (Wildman–Crippen LogP) is 3.63. The number of fused-ring (bicyclic) bond motifs is 2. The molecular weight excluding hydrogens is 372 g/mol. The summed E-state index contributed by atoms with van der Waals surface area (Å²) < 4.78 is 12.0. The molecule has 2 aromatic carbocycles. The van der Waals surface area contributed by atoms with E-state index >= 15 is 0 Å². The molecule has 0 fully saturated rings. The molecule has 2 N–H and O–H groups in total. The highest BCUT2D eigenvalue weighted by molar-refractivity contribution is 9.10. The van der Waals surface area contributed by atoms with Gasteiger partial charge in [-0.15, -0.1) is 0 Å². The monoisotopic (exact) mass is 386 g/mol. The van der Waals surface area contributed by atoms with Gasteiger partial charge >= 0.3 is 0 Å². The van der Waals surface area contributed by atoms with E-state index in [9.17, 15) is 4.79 Å². The quantitative estimate of drug-likeness (QED) is 0.722. The van der Waals surface area contributed by atoms with Crippen LogP contribution >= 0.6 is 15.9 Å². The van der Waals surface area contributed by atoms with Gasteiger partial charge in [-0.25, -0.2) is 0 Å². The normalized spacial score (nSPS) is 13.0. The minimum atomic E-state index is -0.116. The predicted molar refractivity (Wildman–Crippen MR) is 94.6 cm³/mol. The molecule has 5 nitrogen and oxygen atoms in total. The number of carbonyl (C=O) groups excluding carboxylic acids is 1. The van der Waals surface area contributed by atoms with E-state index in [0.717, 1.165) is 32.4 Å². The molecule has 1 aliphatic rings. The largest absolute Gasteiger partial charge is 0.486 e. The number of ether oxygens (including phenoxy) is 2. The second-order valence-corrected chi connectivity index (χ2v) is 6.47. The van der Waals surface area contributed by atoms with Crippen LogP contribution in [-0.4, -0.2) is 24.1 Å². The maximum absolute atomic E-state index is 12.5. The zero-order valence-electron chi connectivity index (χ0n) is 12.8. The number of H-pyrrole nitrogens is 1. The van der Waals surface area contributed by atoms with Crippen LogP contribution < -0.4 is 14.8 Å². The molecule has 6 heteroatoms. The summed E-state index contributed by atoms with van der Waals surface area (Å²) in [6.45, 7) is 1.54. The summed E-state index contributed by atoms with van der Waals surface area (Å²) in [5.74, 6) is 1.36. The van der Waals surface area contributed by atoms with Crippen molar-refractivity contribution in [1.82, 2.24) is 10.3 Å². The zero-order valence-corrected chi connectivity index (χ0v) is 14.4. The van der Waals surface area contributed by atoms with Crippen molar-refractivity contribution in [3.8, 4) is 11.5 Å². The molecule has 4 rings (SSSR count). The molecule has 0 atom stereocenters. The minimum Gasteiger partial charge on any atom is -0.486 e. The number of hydrogen-bond acceptors (Lipinski definition) is 3. The average molecular weight is 387 g/mol. The number of benzene rings is 2. The van der Waals surface area contributed by atoms with Crippen molar-refractivity contribution in [2.24, 2.45) is 0 Å². The van der Waals surface area contributed by atoms with Gasteiger partial charge in [0.15, 0.2) is 11.5 Å². The van der Waals surface area contributed by atoms with Crippen molar-refractivity contribution >= 4 is 32.7 Å². The maximum atomic E-state index is 12.5. The lowest BCUT2D eigenvalue weighted by molar-refractivity contribution is 0.0952. The van der Waals surface area contributed by atoms with Crippen LogP contribution in [0.3, 0.4) is 0 Å². The van der Waals surface area contributed by atoms with Gasteiger partial charge in [0.25, 0.3) is 5.91 Å². The van der Waals surface area contributed by atoms with Crippen molar-refractivity contribution in [2.45, 2.75) is 6.54 Å². The molecule has 0 spiro atoms. The minimum absolute atomic E-state index is 0.116. The van der Waals surface area contributed by atoms with Gasteiger partial charge in [-0.1, -0.05) is 22.0 Å². The lowest BCUT2D eigenvalue weighted by Crippen LogP contribution is -2.23. The Bertz CT molecular complexity index is 920. The van der Waals surface area contributed by atoms with E-state index in [2.05, 4.69) is 26.2 Å². The lowest BCUT2D eigenvalue weighted by atomic mass is 10.1. The smallest absolute Gasteiger partial charge is 0.253 e. The fourth-order valence-corrected chi connectivity index (χ4v) is 3.12. The molecule has 0 bridgehead atoms. The molecule has 122 valence electrons. The number of hydrogen-bond donors (Lipinski definition) is 2.